The van der Waals surface area contributed by atoms with E-state index < -0.39 is 0 Å². The van der Waals surface area contributed by atoms with E-state index in [-0.39, 0.29) is 5.82 Å². The molecule has 0 N–H and O–H groups in total. The fourth-order valence-electron chi connectivity index (χ4n) is 1.20. The SMILES string of the molecule is Cc1nc(-c2ccc(F)c(C)c2)no1. The third-order valence-electron chi connectivity index (χ3n) is 1.94. The summed E-state index contributed by atoms with van der Waals surface area (Å²) in [6, 6.07) is 4.72. The van der Waals surface area contributed by atoms with Crippen molar-refractivity contribution >= 4 is 0 Å². The molecular formula is C10H9FN2O. The van der Waals surface area contributed by atoms with Gasteiger partial charge in [0.05, 0.1) is 0 Å². The Hall–Kier alpha value is -1.71. The van der Waals surface area contributed by atoms with Gasteiger partial charge in [0.15, 0.2) is 0 Å². The van der Waals surface area contributed by atoms with E-state index in [9.17, 15) is 4.39 Å². The summed E-state index contributed by atoms with van der Waals surface area (Å²) in [5, 5.41) is 3.75. The molecule has 0 fully saturated rings. The van der Waals surface area contributed by atoms with Crippen LogP contribution in [0, 0.1) is 19.7 Å². The second-order valence-corrected chi connectivity index (χ2v) is 3.10. The van der Waals surface area contributed by atoms with E-state index in [1.54, 1.807) is 26.0 Å². The van der Waals surface area contributed by atoms with Crippen molar-refractivity contribution in [1.82, 2.24) is 10.1 Å². The van der Waals surface area contributed by atoms with Gasteiger partial charge in [-0.2, -0.15) is 4.98 Å². The van der Waals surface area contributed by atoms with Gasteiger partial charge >= 0.3 is 0 Å². The Balaban J connectivity index is 2.47. The first-order chi connectivity index (χ1) is 6.66. The predicted molar refractivity (Wildman–Crippen MR) is 49.2 cm³/mol. The number of aromatic nitrogens is 2. The Kier molecular flexibility index (Phi) is 2.04. The molecule has 4 heteroatoms. The van der Waals surface area contributed by atoms with E-state index in [0.717, 1.165) is 5.56 Å². The number of benzene rings is 1. The highest BCUT2D eigenvalue weighted by atomic mass is 19.1. The molecule has 0 amide bonds. The summed E-state index contributed by atoms with van der Waals surface area (Å²) in [5.74, 6) is 0.765. The van der Waals surface area contributed by atoms with Crippen LogP contribution in [0.3, 0.4) is 0 Å². The molecule has 0 saturated heterocycles. The highest BCUT2D eigenvalue weighted by Crippen LogP contribution is 2.18. The van der Waals surface area contributed by atoms with Crippen LogP contribution in [-0.2, 0) is 0 Å². The largest absolute Gasteiger partial charge is 0.339 e. The topological polar surface area (TPSA) is 38.9 Å². The van der Waals surface area contributed by atoms with Gasteiger partial charge in [-0.25, -0.2) is 4.39 Å². The zero-order chi connectivity index (χ0) is 10.1. The first kappa shape index (κ1) is 8.87. The van der Waals surface area contributed by atoms with Crippen molar-refractivity contribution in [2.45, 2.75) is 13.8 Å². The molecule has 2 aromatic rings. The van der Waals surface area contributed by atoms with Crippen LogP contribution < -0.4 is 0 Å². The van der Waals surface area contributed by atoms with E-state index in [2.05, 4.69) is 10.1 Å². The molecule has 72 valence electrons. The van der Waals surface area contributed by atoms with Crippen molar-refractivity contribution in [3.63, 3.8) is 0 Å². The molecule has 0 bridgehead atoms. The minimum absolute atomic E-state index is 0.228. The van der Waals surface area contributed by atoms with Crippen LogP contribution >= 0.6 is 0 Å². The maximum atomic E-state index is 13.0. The number of nitrogens with zero attached hydrogens (tertiary/aromatic N) is 2. The second-order valence-electron chi connectivity index (χ2n) is 3.10. The lowest BCUT2D eigenvalue weighted by atomic mass is 10.1. The summed E-state index contributed by atoms with van der Waals surface area (Å²) in [4.78, 5) is 4.05. The first-order valence-electron chi connectivity index (χ1n) is 4.23. The molecule has 1 heterocycles. The molecule has 0 radical (unpaired) electrons. The third-order valence-corrected chi connectivity index (χ3v) is 1.94. The maximum Gasteiger partial charge on any atom is 0.223 e. The lowest BCUT2D eigenvalue weighted by molar-refractivity contribution is 0.394. The van der Waals surface area contributed by atoms with Gasteiger partial charge in [-0.3, -0.25) is 0 Å². The van der Waals surface area contributed by atoms with Crippen LogP contribution in [0.5, 0.6) is 0 Å². The van der Waals surface area contributed by atoms with Gasteiger partial charge in [0.1, 0.15) is 5.82 Å². The lowest BCUT2D eigenvalue weighted by Gasteiger charge is -1.97. The summed E-state index contributed by atoms with van der Waals surface area (Å²) in [6.45, 7) is 3.42. The molecule has 0 unspecified atom stereocenters. The van der Waals surface area contributed by atoms with Crippen molar-refractivity contribution in [3.8, 4) is 11.4 Å². The Morgan fingerprint density at radius 3 is 2.64 bits per heavy atom. The van der Waals surface area contributed by atoms with E-state index >= 15 is 0 Å². The normalized spacial score (nSPS) is 10.5. The summed E-state index contributed by atoms with van der Waals surface area (Å²) in [6.07, 6.45) is 0. The van der Waals surface area contributed by atoms with E-state index in [0.29, 0.717) is 17.3 Å². The smallest absolute Gasteiger partial charge is 0.223 e. The minimum Gasteiger partial charge on any atom is -0.339 e. The fraction of sp³-hybridized carbons (Fsp3) is 0.200. The van der Waals surface area contributed by atoms with Gasteiger partial charge in [0, 0.05) is 12.5 Å². The average molecular weight is 192 g/mol. The molecule has 0 spiro atoms. The van der Waals surface area contributed by atoms with E-state index in [4.69, 9.17) is 4.52 Å². The number of hydrogen-bond donors (Lipinski definition) is 0. The Labute approximate surface area is 80.6 Å². The molecule has 2 rings (SSSR count). The molecule has 0 saturated carbocycles. The molecule has 1 aromatic heterocycles. The Morgan fingerprint density at radius 2 is 2.07 bits per heavy atom. The van der Waals surface area contributed by atoms with Crippen LogP contribution in [0.2, 0.25) is 0 Å². The van der Waals surface area contributed by atoms with Gasteiger partial charge < -0.3 is 4.52 Å². The molecular weight excluding hydrogens is 183 g/mol. The standard InChI is InChI=1S/C10H9FN2O/c1-6-5-8(3-4-9(6)11)10-12-7(2)14-13-10/h3-5H,1-2H3. The maximum absolute atomic E-state index is 13.0. The van der Waals surface area contributed by atoms with Gasteiger partial charge in [-0.15, -0.1) is 0 Å². The quantitative estimate of drug-likeness (QED) is 0.696. The monoisotopic (exact) mass is 192 g/mol. The second kappa shape index (κ2) is 3.21. The summed E-state index contributed by atoms with van der Waals surface area (Å²) in [5.41, 5.74) is 1.34. The van der Waals surface area contributed by atoms with Crippen molar-refractivity contribution in [3.05, 3.63) is 35.5 Å². The van der Waals surface area contributed by atoms with Crippen molar-refractivity contribution in [1.29, 1.82) is 0 Å². The number of aryl methyl sites for hydroxylation is 2. The molecule has 0 aliphatic heterocycles. The third kappa shape index (κ3) is 1.51. The number of halogens is 1. The van der Waals surface area contributed by atoms with Gasteiger partial charge in [-0.05, 0) is 30.7 Å². The lowest BCUT2D eigenvalue weighted by Crippen LogP contribution is -1.85. The highest BCUT2D eigenvalue weighted by Gasteiger charge is 2.06. The number of hydrogen-bond acceptors (Lipinski definition) is 3. The molecule has 1 aromatic carbocycles. The molecule has 14 heavy (non-hydrogen) atoms. The molecule has 0 atom stereocenters. The van der Waals surface area contributed by atoms with E-state index in [1.807, 2.05) is 0 Å². The van der Waals surface area contributed by atoms with Crippen LogP contribution in [-0.4, -0.2) is 10.1 Å². The molecule has 3 nitrogen and oxygen atoms in total. The zero-order valence-corrected chi connectivity index (χ0v) is 7.91. The van der Waals surface area contributed by atoms with Gasteiger partial charge in [0.2, 0.25) is 11.7 Å². The van der Waals surface area contributed by atoms with E-state index in [1.165, 1.54) is 6.07 Å². The predicted octanol–water partition coefficient (Wildman–Crippen LogP) is 2.49. The first-order valence-corrected chi connectivity index (χ1v) is 4.23. The zero-order valence-electron chi connectivity index (χ0n) is 7.91. The van der Waals surface area contributed by atoms with Crippen molar-refractivity contribution < 1.29 is 8.91 Å². The number of rotatable bonds is 1. The Bertz CT molecular complexity index is 465. The van der Waals surface area contributed by atoms with Crippen LogP contribution in [0.4, 0.5) is 4.39 Å². The van der Waals surface area contributed by atoms with Crippen molar-refractivity contribution in [2.75, 3.05) is 0 Å². The van der Waals surface area contributed by atoms with Gasteiger partial charge in [0.25, 0.3) is 0 Å². The van der Waals surface area contributed by atoms with Crippen molar-refractivity contribution in [2.24, 2.45) is 0 Å². The molecule has 0 aliphatic carbocycles. The van der Waals surface area contributed by atoms with Crippen LogP contribution in [0.15, 0.2) is 22.7 Å². The average Bonchev–Trinajstić information content (AvgIpc) is 2.57. The highest BCUT2D eigenvalue weighted by molar-refractivity contribution is 5.55. The fourth-order valence-corrected chi connectivity index (χ4v) is 1.20. The van der Waals surface area contributed by atoms with Gasteiger partial charge in [-0.1, -0.05) is 5.16 Å². The summed E-state index contributed by atoms with van der Waals surface area (Å²) >= 11 is 0. The molecule has 0 aliphatic rings. The minimum atomic E-state index is -0.228. The Morgan fingerprint density at radius 1 is 1.29 bits per heavy atom. The summed E-state index contributed by atoms with van der Waals surface area (Å²) in [7, 11) is 0. The van der Waals surface area contributed by atoms with Crippen LogP contribution in [0.25, 0.3) is 11.4 Å². The van der Waals surface area contributed by atoms with Crippen LogP contribution in [0.1, 0.15) is 11.5 Å². The summed E-state index contributed by atoms with van der Waals surface area (Å²) < 4.78 is 17.8.